The SMILES string of the molecule is CCOc1ccc(/C=C2\C(=O)NN(c3cccc(F)c3)C2=O)cc1OC. The molecule has 2 aromatic rings. The lowest BCUT2D eigenvalue weighted by molar-refractivity contribution is -0.117. The van der Waals surface area contributed by atoms with Crippen LogP contribution in [0.4, 0.5) is 10.1 Å². The Labute approximate surface area is 149 Å². The molecule has 1 saturated heterocycles. The number of halogens is 1. The van der Waals surface area contributed by atoms with Gasteiger partial charge in [0.05, 0.1) is 19.4 Å². The smallest absolute Gasteiger partial charge is 0.282 e. The molecule has 2 amide bonds. The highest BCUT2D eigenvalue weighted by Gasteiger charge is 2.34. The monoisotopic (exact) mass is 356 g/mol. The average Bonchev–Trinajstić information content (AvgIpc) is 2.91. The standard InChI is InChI=1S/C19H17FN2O4/c1-3-26-16-8-7-12(10-17(16)25-2)9-15-18(23)21-22(19(15)24)14-6-4-5-13(20)11-14/h4-11H,3H2,1-2H3,(H,21,23)/b15-9+. The number of benzene rings is 2. The number of hydrogen-bond acceptors (Lipinski definition) is 4. The fourth-order valence-corrected chi connectivity index (χ4v) is 2.57. The molecule has 1 aliphatic heterocycles. The number of hydrogen-bond donors (Lipinski definition) is 1. The van der Waals surface area contributed by atoms with Crippen molar-refractivity contribution >= 4 is 23.6 Å². The summed E-state index contributed by atoms with van der Waals surface area (Å²) >= 11 is 0. The van der Waals surface area contributed by atoms with Crippen LogP contribution < -0.4 is 19.9 Å². The van der Waals surface area contributed by atoms with Crippen LogP contribution in [0, 0.1) is 5.82 Å². The van der Waals surface area contributed by atoms with E-state index in [0.717, 1.165) is 5.01 Å². The zero-order valence-electron chi connectivity index (χ0n) is 14.3. The first-order valence-corrected chi connectivity index (χ1v) is 7.97. The van der Waals surface area contributed by atoms with Gasteiger partial charge in [0, 0.05) is 0 Å². The van der Waals surface area contributed by atoms with Gasteiger partial charge in [-0.2, -0.15) is 0 Å². The van der Waals surface area contributed by atoms with Gasteiger partial charge in [-0.25, -0.2) is 9.40 Å². The molecule has 6 nitrogen and oxygen atoms in total. The molecule has 0 aromatic heterocycles. The zero-order valence-corrected chi connectivity index (χ0v) is 14.3. The van der Waals surface area contributed by atoms with Crippen LogP contribution in [0.25, 0.3) is 6.08 Å². The Kier molecular flexibility index (Phi) is 4.88. The second-order valence-corrected chi connectivity index (χ2v) is 5.46. The predicted octanol–water partition coefficient (Wildman–Crippen LogP) is 2.69. The molecule has 2 aromatic carbocycles. The first-order chi connectivity index (χ1) is 12.5. The van der Waals surface area contributed by atoms with Crippen LogP contribution in [0.3, 0.4) is 0 Å². The first-order valence-electron chi connectivity index (χ1n) is 7.97. The van der Waals surface area contributed by atoms with E-state index < -0.39 is 17.6 Å². The third-order valence-corrected chi connectivity index (χ3v) is 3.76. The van der Waals surface area contributed by atoms with Gasteiger partial charge in [0.1, 0.15) is 11.4 Å². The van der Waals surface area contributed by atoms with E-state index in [4.69, 9.17) is 9.47 Å². The number of anilines is 1. The molecule has 1 fully saturated rings. The molecule has 3 rings (SSSR count). The molecule has 26 heavy (non-hydrogen) atoms. The lowest BCUT2D eigenvalue weighted by Gasteiger charge is -2.14. The highest BCUT2D eigenvalue weighted by atomic mass is 19.1. The summed E-state index contributed by atoms with van der Waals surface area (Å²) in [6, 6.07) is 10.5. The van der Waals surface area contributed by atoms with Crippen molar-refractivity contribution in [1.29, 1.82) is 0 Å². The fourth-order valence-electron chi connectivity index (χ4n) is 2.57. The van der Waals surface area contributed by atoms with Crippen LogP contribution in [0.2, 0.25) is 0 Å². The predicted molar refractivity (Wildman–Crippen MR) is 94.2 cm³/mol. The number of rotatable bonds is 5. The molecule has 0 spiro atoms. The Morgan fingerprint density at radius 1 is 1.15 bits per heavy atom. The molecule has 7 heteroatoms. The van der Waals surface area contributed by atoms with E-state index in [-0.39, 0.29) is 11.3 Å². The number of nitrogens with zero attached hydrogens (tertiary/aromatic N) is 1. The Morgan fingerprint density at radius 3 is 2.65 bits per heavy atom. The van der Waals surface area contributed by atoms with Gasteiger partial charge in [-0.15, -0.1) is 0 Å². The average molecular weight is 356 g/mol. The second kappa shape index (κ2) is 7.26. The summed E-state index contributed by atoms with van der Waals surface area (Å²) in [5, 5.41) is 1.02. The van der Waals surface area contributed by atoms with Gasteiger partial charge in [-0.05, 0) is 48.9 Å². The summed E-state index contributed by atoms with van der Waals surface area (Å²) in [4.78, 5) is 24.7. The van der Waals surface area contributed by atoms with Crippen molar-refractivity contribution < 1.29 is 23.5 Å². The number of amides is 2. The Bertz CT molecular complexity index is 895. The third kappa shape index (κ3) is 3.37. The molecule has 0 atom stereocenters. The van der Waals surface area contributed by atoms with Crippen LogP contribution in [0.1, 0.15) is 12.5 Å². The normalized spacial score (nSPS) is 15.3. The van der Waals surface area contributed by atoms with E-state index in [2.05, 4.69) is 5.43 Å². The summed E-state index contributed by atoms with van der Waals surface area (Å²) < 4.78 is 24.1. The third-order valence-electron chi connectivity index (χ3n) is 3.76. The van der Waals surface area contributed by atoms with E-state index in [1.165, 1.54) is 37.5 Å². The maximum absolute atomic E-state index is 13.4. The van der Waals surface area contributed by atoms with E-state index in [1.54, 1.807) is 18.2 Å². The van der Waals surface area contributed by atoms with Crippen LogP contribution in [-0.2, 0) is 9.59 Å². The molecule has 0 bridgehead atoms. The van der Waals surface area contributed by atoms with E-state index >= 15 is 0 Å². The lowest BCUT2D eigenvalue weighted by Crippen LogP contribution is -2.35. The Morgan fingerprint density at radius 2 is 1.96 bits per heavy atom. The van der Waals surface area contributed by atoms with Crippen LogP contribution >= 0.6 is 0 Å². The number of nitrogens with one attached hydrogen (secondary N) is 1. The quantitative estimate of drug-likeness (QED) is 0.661. The van der Waals surface area contributed by atoms with Crippen molar-refractivity contribution in [3.05, 3.63) is 59.4 Å². The largest absolute Gasteiger partial charge is 0.493 e. The van der Waals surface area contributed by atoms with Crippen molar-refractivity contribution in [2.24, 2.45) is 0 Å². The molecule has 1 heterocycles. The van der Waals surface area contributed by atoms with E-state index in [1.807, 2.05) is 6.92 Å². The minimum absolute atomic E-state index is 0.0551. The minimum atomic E-state index is -0.563. The highest BCUT2D eigenvalue weighted by Crippen LogP contribution is 2.30. The molecule has 0 radical (unpaired) electrons. The summed E-state index contributed by atoms with van der Waals surface area (Å²) in [5.74, 6) is -0.562. The summed E-state index contributed by atoms with van der Waals surface area (Å²) in [5.41, 5.74) is 3.22. The summed E-state index contributed by atoms with van der Waals surface area (Å²) in [7, 11) is 1.51. The molecule has 1 aliphatic rings. The molecule has 1 N–H and O–H groups in total. The molecule has 0 aliphatic carbocycles. The summed E-state index contributed by atoms with van der Waals surface area (Å²) in [6.07, 6.45) is 1.45. The van der Waals surface area contributed by atoms with Crippen molar-refractivity contribution in [3.8, 4) is 11.5 Å². The number of hydrazine groups is 1. The maximum atomic E-state index is 13.4. The highest BCUT2D eigenvalue weighted by molar-refractivity contribution is 6.31. The number of methoxy groups -OCH3 is 1. The molecule has 134 valence electrons. The number of carbonyl (C=O) groups excluding carboxylic acids is 2. The molecular weight excluding hydrogens is 339 g/mol. The zero-order chi connectivity index (χ0) is 18.7. The Hall–Kier alpha value is -3.35. The van der Waals surface area contributed by atoms with Gasteiger partial charge >= 0.3 is 0 Å². The van der Waals surface area contributed by atoms with Gasteiger partial charge in [0.15, 0.2) is 11.5 Å². The second-order valence-electron chi connectivity index (χ2n) is 5.46. The first kappa shape index (κ1) is 17.5. The topological polar surface area (TPSA) is 67.9 Å². The van der Waals surface area contributed by atoms with E-state index in [9.17, 15) is 14.0 Å². The fraction of sp³-hybridized carbons (Fsp3) is 0.158. The van der Waals surface area contributed by atoms with Crippen molar-refractivity contribution in [1.82, 2.24) is 5.43 Å². The lowest BCUT2D eigenvalue weighted by atomic mass is 10.1. The van der Waals surface area contributed by atoms with Gasteiger partial charge in [-0.3, -0.25) is 15.0 Å². The Balaban J connectivity index is 1.91. The minimum Gasteiger partial charge on any atom is -0.493 e. The molecular formula is C19H17FN2O4. The van der Waals surface area contributed by atoms with Gasteiger partial charge < -0.3 is 9.47 Å². The van der Waals surface area contributed by atoms with Crippen molar-refractivity contribution in [3.63, 3.8) is 0 Å². The number of carbonyl (C=O) groups is 2. The van der Waals surface area contributed by atoms with Crippen LogP contribution in [0.5, 0.6) is 11.5 Å². The molecule has 0 saturated carbocycles. The maximum Gasteiger partial charge on any atom is 0.282 e. The van der Waals surface area contributed by atoms with Gasteiger partial charge in [0.2, 0.25) is 0 Å². The van der Waals surface area contributed by atoms with E-state index in [0.29, 0.717) is 23.7 Å². The van der Waals surface area contributed by atoms with Gasteiger partial charge in [0.25, 0.3) is 11.8 Å². The van der Waals surface area contributed by atoms with Gasteiger partial charge in [-0.1, -0.05) is 12.1 Å². The molecule has 0 unspecified atom stereocenters. The number of ether oxygens (including phenoxy) is 2. The van der Waals surface area contributed by atoms with Crippen molar-refractivity contribution in [2.45, 2.75) is 6.92 Å². The summed E-state index contributed by atoms with van der Waals surface area (Å²) in [6.45, 7) is 2.35. The van der Waals surface area contributed by atoms with Crippen LogP contribution in [-0.4, -0.2) is 25.5 Å². The van der Waals surface area contributed by atoms with Crippen LogP contribution in [0.15, 0.2) is 48.0 Å². The van der Waals surface area contributed by atoms with Crippen molar-refractivity contribution in [2.75, 3.05) is 18.7 Å².